The number of aliphatic hydroxyl groups excluding tert-OH is 9. The van der Waals surface area contributed by atoms with Crippen molar-refractivity contribution < 1.29 is 78.7 Å². The Morgan fingerprint density at radius 2 is 0.851 bits per heavy atom. The molecule has 440 valence electrons. The van der Waals surface area contributed by atoms with Gasteiger partial charge in [0.1, 0.15) is 61.0 Å². The molecule has 2 aliphatic rings. The molecule has 1 saturated heterocycles. The molecule has 11 N–H and O–H groups in total. The quantitative estimate of drug-likeness (QED) is 0.0200. The summed E-state index contributed by atoms with van der Waals surface area (Å²) in [7, 11) is -5.31. The minimum absolute atomic E-state index is 0.178. The molecule has 0 aromatic heterocycles. The molecule has 1 aliphatic heterocycles. The largest absolute Gasteiger partial charge is 0.472 e. The van der Waals surface area contributed by atoms with Gasteiger partial charge in [0.25, 0.3) is 0 Å². The van der Waals surface area contributed by atoms with Crippen molar-refractivity contribution in [3.63, 3.8) is 0 Å². The highest BCUT2D eigenvalue weighted by atomic mass is 31.2. The number of hydrogen-bond acceptors (Lipinski definition) is 15. The molecule has 14 atom stereocenters. The molecule has 1 saturated carbocycles. The SMILES string of the molecule is CCCCCCCCCCCCCCCCCCCCCCCCCC(=O)NC(COP(=O)(O)OC1C(O)C(O)C(O)C(O)C1OC1OC(CO)C(O)C(O)C1O)C(O)CCCCCCCCCCCCCCC. The van der Waals surface area contributed by atoms with Crippen molar-refractivity contribution in [3.05, 3.63) is 0 Å². The lowest BCUT2D eigenvalue weighted by molar-refractivity contribution is -0.338. The Morgan fingerprint density at radius 1 is 0.500 bits per heavy atom. The first-order chi connectivity index (χ1) is 35.7. The Kier molecular flexibility index (Phi) is 40.2. The summed E-state index contributed by atoms with van der Waals surface area (Å²) in [4.78, 5) is 24.2. The van der Waals surface area contributed by atoms with Crippen LogP contribution in [-0.2, 0) is 27.9 Å². The topological polar surface area (TPSA) is 285 Å². The summed E-state index contributed by atoms with van der Waals surface area (Å²) in [5, 5.41) is 97.5. The van der Waals surface area contributed by atoms with Crippen LogP contribution in [0.15, 0.2) is 0 Å². The van der Waals surface area contributed by atoms with Crippen molar-refractivity contribution in [2.75, 3.05) is 13.2 Å². The van der Waals surface area contributed by atoms with Crippen LogP contribution in [0.5, 0.6) is 0 Å². The Balaban J connectivity index is 1.82. The number of carbonyl (C=O) groups excluding carboxylic acids is 1. The van der Waals surface area contributed by atoms with E-state index in [9.17, 15) is 60.2 Å². The molecule has 1 aliphatic carbocycles. The van der Waals surface area contributed by atoms with Crippen molar-refractivity contribution >= 4 is 13.7 Å². The lowest BCUT2D eigenvalue weighted by atomic mass is 9.84. The highest BCUT2D eigenvalue weighted by Crippen LogP contribution is 2.48. The number of hydrogen-bond donors (Lipinski definition) is 11. The summed E-state index contributed by atoms with van der Waals surface area (Å²) < 4.78 is 35.0. The van der Waals surface area contributed by atoms with E-state index in [2.05, 4.69) is 19.2 Å². The minimum Gasteiger partial charge on any atom is -0.394 e. The van der Waals surface area contributed by atoms with E-state index in [-0.39, 0.29) is 18.7 Å². The molecule has 0 aromatic carbocycles. The van der Waals surface area contributed by atoms with Gasteiger partial charge in [0.2, 0.25) is 5.91 Å². The number of amides is 1. The van der Waals surface area contributed by atoms with Gasteiger partial charge in [-0.1, -0.05) is 239 Å². The Morgan fingerprint density at radius 3 is 1.24 bits per heavy atom. The number of carbonyl (C=O) groups is 1. The zero-order chi connectivity index (χ0) is 54.4. The summed E-state index contributed by atoms with van der Waals surface area (Å²) in [5.74, 6) is -0.365. The van der Waals surface area contributed by atoms with Gasteiger partial charge in [0.15, 0.2) is 6.29 Å². The second-order valence-corrected chi connectivity index (χ2v) is 23.3. The first-order valence-electron chi connectivity index (χ1n) is 30.0. The fourth-order valence-electron chi connectivity index (χ4n) is 10.3. The minimum atomic E-state index is -5.31. The number of aliphatic hydroxyl groups is 9. The van der Waals surface area contributed by atoms with Gasteiger partial charge >= 0.3 is 7.82 Å². The van der Waals surface area contributed by atoms with Gasteiger partial charge in [0.05, 0.1) is 25.4 Å². The molecule has 0 aromatic rings. The zero-order valence-corrected chi connectivity index (χ0v) is 47.1. The predicted molar refractivity (Wildman–Crippen MR) is 288 cm³/mol. The molecule has 17 nitrogen and oxygen atoms in total. The molecule has 18 heteroatoms. The van der Waals surface area contributed by atoms with Crippen LogP contribution in [0.25, 0.3) is 0 Å². The second-order valence-electron chi connectivity index (χ2n) is 21.9. The Labute approximate surface area is 446 Å². The van der Waals surface area contributed by atoms with Crippen LogP contribution < -0.4 is 5.32 Å². The number of ether oxygens (including phenoxy) is 2. The second kappa shape index (κ2) is 43.0. The molecule has 0 spiro atoms. The van der Waals surface area contributed by atoms with Crippen LogP contribution in [0.4, 0.5) is 0 Å². The third-order valence-electron chi connectivity index (χ3n) is 15.3. The molecule has 14 unspecified atom stereocenters. The molecule has 74 heavy (non-hydrogen) atoms. The maximum Gasteiger partial charge on any atom is 0.472 e. The number of rotatable bonds is 48. The average Bonchev–Trinajstić information content (AvgIpc) is 3.38. The third-order valence-corrected chi connectivity index (χ3v) is 16.3. The Hall–Kier alpha value is -0.860. The molecule has 2 rings (SSSR count). The third kappa shape index (κ3) is 29.9. The van der Waals surface area contributed by atoms with E-state index < -0.39 is 101 Å². The molecular weight excluding hydrogens is 974 g/mol. The van der Waals surface area contributed by atoms with Crippen molar-refractivity contribution in [2.24, 2.45) is 0 Å². The van der Waals surface area contributed by atoms with Crippen molar-refractivity contribution in [3.8, 4) is 0 Å². The van der Waals surface area contributed by atoms with E-state index in [1.165, 1.54) is 167 Å². The van der Waals surface area contributed by atoms with E-state index >= 15 is 0 Å². The fraction of sp³-hybridized carbons (Fsp3) is 0.982. The van der Waals surface area contributed by atoms with Gasteiger partial charge in [0, 0.05) is 6.42 Å². The standard InChI is InChI=1S/C56H110NO16P/c1-3-5-7-9-11-13-15-17-18-19-20-21-22-23-24-25-26-28-30-32-34-36-38-40-46(60)57-43(44(59)39-37-35-33-31-29-27-16-14-12-10-8-6-4-2)42-70-74(68,69)73-55-52(66)50(64)49(63)51(65)54(55)72-56-53(67)48(62)47(61)45(41-58)71-56/h43-45,47-56,58-59,61-67H,3-42H2,1-2H3,(H,57,60)(H,68,69). The van der Waals surface area contributed by atoms with Crippen LogP contribution in [0, 0.1) is 0 Å². The first kappa shape index (κ1) is 69.2. The highest BCUT2D eigenvalue weighted by Gasteiger charge is 2.55. The van der Waals surface area contributed by atoms with Crippen LogP contribution in [0.3, 0.4) is 0 Å². The molecular formula is C56H110NO16P. The maximum absolute atomic E-state index is 13.5. The molecule has 0 radical (unpaired) electrons. The van der Waals surface area contributed by atoms with Crippen molar-refractivity contribution in [1.82, 2.24) is 5.32 Å². The van der Waals surface area contributed by atoms with Crippen LogP contribution in [0.2, 0.25) is 0 Å². The van der Waals surface area contributed by atoms with Gasteiger partial charge in [-0.15, -0.1) is 0 Å². The van der Waals surface area contributed by atoms with Gasteiger partial charge < -0.3 is 65.6 Å². The van der Waals surface area contributed by atoms with Gasteiger partial charge in [-0.25, -0.2) is 4.57 Å². The van der Waals surface area contributed by atoms with Gasteiger partial charge in [-0.2, -0.15) is 0 Å². The van der Waals surface area contributed by atoms with E-state index in [1.807, 2.05) is 0 Å². The van der Waals surface area contributed by atoms with Crippen molar-refractivity contribution in [2.45, 2.75) is 337 Å². The number of nitrogens with one attached hydrogen (secondary N) is 1. The van der Waals surface area contributed by atoms with Gasteiger partial charge in [-0.05, 0) is 12.8 Å². The maximum atomic E-state index is 13.5. The summed E-state index contributed by atoms with van der Waals surface area (Å²) in [6.07, 6.45) is 21.5. The number of phosphoric acid groups is 1. The fourth-order valence-corrected chi connectivity index (χ4v) is 11.3. The lowest BCUT2D eigenvalue weighted by Gasteiger charge is -2.47. The summed E-state index contributed by atoms with van der Waals surface area (Å²) in [6, 6.07) is -1.14. The first-order valence-corrected chi connectivity index (χ1v) is 31.5. The average molecular weight is 1080 g/mol. The van der Waals surface area contributed by atoms with Crippen LogP contribution >= 0.6 is 7.82 Å². The molecule has 1 amide bonds. The smallest absolute Gasteiger partial charge is 0.394 e. The number of unbranched alkanes of at least 4 members (excludes halogenated alkanes) is 34. The zero-order valence-electron chi connectivity index (χ0n) is 46.2. The molecule has 0 bridgehead atoms. The summed E-state index contributed by atoms with van der Waals surface area (Å²) in [6.45, 7) is 2.96. The van der Waals surface area contributed by atoms with E-state index in [0.29, 0.717) is 12.8 Å². The Bertz CT molecular complexity index is 1390. The normalized spacial score (nSPS) is 27.0. The molecule has 2 fully saturated rings. The highest BCUT2D eigenvalue weighted by molar-refractivity contribution is 7.47. The summed E-state index contributed by atoms with van der Waals surface area (Å²) in [5.41, 5.74) is 0. The monoisotopic (exact) mass is 1080 g/mol. The number of phosphoric ester groups is 1. The predicted octanol–water partition coefficient (Wildman–Crippen LogP) is 8.84. The van der Waals surface area contributed by atoms with Crippen LogP contribution in [0.1, 0.15) is 258 Å². The van der Waals surface area contributed by atoms with E-state index in [0.717, 1.165) is 51.4 Å². The molecule has 1 heterocycles. The van der Waals surface area contributed by atoms with E-state index in [4.69, 9.17) is 18.5 Å². The lowest BCUT2D eigenvalue weighted by Crippen LogP contribution is -2.67. The summed E-state index contributed by atoms with van der Waals surface area (Å²) >= 11 is 0. The van der Waals surface area contributed by atoms with Crippen LogP contribution in [-0.4, -0.2) is 149 Å². The van der Waals surface area contributed by atoms with Crippen molar-refractivity contribution in [1.29, 1.82) is 0 Å². The van der Waals surface area contributed by atoms with Gasteiger partial charge in [-0.3, -0.25) is 13.8 Å². The van der Waals surface area contributed by atoms with E-state index in [1.54, 1.807) is 0 Å².